The smallest absolute Gasteiger partial charge is 0.271 e. The first kappa shape index (κ1) is 19.1. The molecule has 1 saturated carbocycles. The topological polar surface area (TPSA) is 99.4 Å². The summed E-state index contributed by atoms with van der Waals surface area (Å²) >= 11 is 0. The fraction of sp³-hybridized carbons (Fsp3) is 0.304. The van der Waals surface area contributed by atoms with E-state index in [0.29, 0.717) is 23.4 Å². The number of phenols is 1. The van der Waals surface area contributed by atoms with Crippen molar-refractivity contribution in [3.05, 3.63) is 65.4 Å². The molecule has 0 unspecified atom stereocenters. The predicted octanol–water partition coefficient (Wildman–Crippen LogP) is 3.49. The number of phenolic OH excluding ortho intramolecular Hbond substituents is 1. The number of carbonyl (C=O) groups is 2. The van der Waals surface area contributed by atoms with Crippen molar-refractivity contribution < 1.29 is 14.7 Å². The molecule has 0 radical (unpaired) electrons. The third-order valence-electron chi connectivity index (χ3n) is 5.74. The van der Waals surface area contributed by atoms with Crippen molar-refractivity contribution in [1.82, 2.24) is 9.88 Å². The lowest BCUT2D eigenvalue weighted by Crippen LogP contribution is -2.39. The van der Waals surface area contributed by atoms with Crippen molar-refractivity contribution in [2.24, 2.45) is 5.73 Å². The first-order valence-corrected chi connectivity index (χ1v) is 10.0. The number of aromatic hydroxyl groups is 1. The van der Waals surface area contributed by atoms with Gasteiger partial charge in [0.05, 0.1) is 6.42 Å². The molecule has 0 atom stereocenters. The van der Waals surface area contributed by atoms with Crippen LogP contribution in [-0.2, 0) is 17.8 Å². The van der Waals surface area contributed by atoms with Crippen LogP contribution in [0.4, 0.5) is 0 Å². The van der Waals surface area contributed by atoms with Crippen molar-refractivity contribution in [2.45, 2.75) is 44.7 Å². The SMILES string of the molecule is NC(=O)Cc1c(C(=O)N(Cc2ccccc2O)C2CCCC2)[nH]c2ccccc12. The Labute approximate surface area is 169 Å². The number of primary amides is 1. The van der Waals surface area contributed by atoms with Gasteiger partial charge in [-0.05, 0) is 30.5 Å². The molecule has 2 aromatic carbocycles. The predicted molar refractivity (Wildman–Crippen MR) is 111 cm³/mol. The van der Waals surface area contributed by atoms with Crippen LogP contribution in [0.5, 0.6) is 5.75 Å². The van der Waals surface area contributed by atoms with Gasteiger partial charge in [0.25, 0.3) is 5.91 Å². The van der Waals surface area contributed by atoms with Gasteiger partial charge in [-0.25, -0.2) is 0 Å². The zero-order valence-electron chi connectivity index (χ0n) is 16.2. The number of rotatable bonds is 6. The van der Waals surface area contributed by atoms with E-state index in [0.717, 1.165) is 36.6 Å². The highest BCUT2D eigenvalue weighted by atomic mass is 16.3. The van der Waals surface area contributed by atoms with Crippen LogP contribution in [0.25, 0.3) is 10.9 Å². The minimum atomic E-state index is -0.475. The number of fused-ring (bicyclic) bond motifs is 1. The second-order valence-corrected chi connectivity index (χ2v) is 7.67. The maximum absolute atomic E-state index is 13.7. The number of benzene rings is 2. The van der Waals surface area contributed by atoms with Gasteiger partial charge in [-0.3, -0.25) is 9.59 Å². The van der Waals surface area contributed by atoms with E-state index in [-0.39, 0.29) is 24.1 Å². The van der Waals surface area contributed by atoms with Crippen LogP contribution in [0.2, 0.25) is 0 Å². The Balaban J connectivity index is 1.76. The molecule has 29 heavy (non-hydrogen) atoms. The Bertz CT molecular complexity index is 1050. The highest BCUT2D eigenvalue weighted by Crippen LogP contribution is 2.31. The molecule has 1 aliphatic carbocycles. The van der Waals surface area contributed by atoms with E-state index in [9.17, 15) is 14.7 Å². The Morgan fingerprint density at radius 2 is 1.76 bits per heavy atom. The fourth-order valence-corrected chi connectivity index (χ4v) is 4.29. The molecule has 0 spiro atoms. The lowest BCUT2D eigenvalue weighted by atomic mass is 10.0. The average molecular weight is 391 g/mol. The van der Waals surface area contributed by atoms with E-state index in [4.69, 9.17) is 5.73 Å². The lowest BCUT2D eigenvalue weighted by Gasteiger charge is -2.29. The molecule has 0 bridgehead atoms. The van der Waals surface area contributed by atoms with Gasteiger partial charge in [0.15, 0.2) is 0 Å². The number of carbonyl (C=O) groups excluding carboxylic acids is 2. The summed E-state index contributed by atoms with van der Waals surface area (Å²) in [5.41, 5.74) is 8.04. The standard InChI is InChI=1S/C23H25N3O3/c24-21(28)13-18-17-10-4-5-11-19(17)25-22(18)23(29)26(16-8-2-3-9-16)14-15-7-1-6-12-20(15)27/h1,4-7,10-12,16,25,27H,2-3,8-9,13-14H2,(H2,24,28). The number of aromatic amines is 1. The third-order valence-corrected chi connectivity index (χ3v) is 5.74. The molecule has 0 saturated heterocycles. The number of hydrogen-bond donors (Lipinski definition) is 3. The van der Waals surface area contributed by atoms with Crippen LogP contribution in [0.1, 0.15) is 47.3 Å². The largest absolute Gasteiger partial charge is 0.508 e. The van der Waals surface area contributed by atoms with E-state index in [1.54, 1.807) is 12.1 Å². The van der Waals surface area contributed by atoms with Gasteiger partial charge < -0.3 is 20.7 Å². The number of para-hydroxylation sites is 2. The number of H-pyrrole nitrogens is 1. The van der Waals surface area contributed by atoms with Gasteiger partial charge >= 0.3 is 0 Å². The molecule has 6 heteroatoms. The maximum Gasteiger partial charge on any atom is 0.271 e. The third kappa shape index (κ3) is 3.83. The first-order valence-electron chi connectivity index (χ1n) is 10.0. The Morgan fingerprint density at radius 3 is 2.48 bits per heavy atom. The first-order chi connectivity index (χ1) is 14.0. The van der Waals surface area contributed by atoms with Gasteiger partial charge in [-0.15, -0.1) is 0 Å². The van der Waals surface area contributed by atoms with E-state index >= 15 is 0 Å². The zero-order chi connectivity index (χ0) is 20.4. The molecule has 2 amide bonds. The summed E-state index contributed by atoms with van der Waals surface area (Å²) in [4.78, 5) is 30.4. The summed E-state index contributed by atoms with van der Waals surface area (Å²) in [6, 6.07) is 14.7. The summed E-state index contributed by atoms with van der Waals surface area (Å²) in [6.45, 7) is 0.321. The molecule has 3 aromatic rings. The van der Waals surface area contributed by atoms with Crippen molar-refractivity contribution in [3.8, 4) is 5.75 Å². The zero-order valence-corrected chi connectivity index (χ0v) is 16.2. The summed E-state index contributed by atoms with van der Waals surface area (Å²) in [7, 11) is 0. The van der Waals surface area contributed by atoms with Gasteiger partial charge in [-0.2, -0.15) is 0 Å². The minimum absolute atomic E-state index is 0.000179. The molecule has 1 heterocycles. The summed E-state index contributed by atoms with van der Waals surface area (Å²) in [6.07, 6.45) is 4.03. The maximum atomic E-state index is 13.7. The van der Waals surface area contributed by atoms with Gasteiger partial charge in [-0.1, -0.05) is 49.2 Å². The minimum Gasteiger partial charge on any atom is -0.508 e. The highest BCUT2D eigenvalue weighted by Gasteiger charge is 2.31. The fourth-order valence-electron chi connectivity index (χ4n) is 4.29. The summed E-state index contributed by atoms with van der Waals surface area (Å²) < 4.78 is 0. The second kappa shape index (κ2) is 7.99. The molecule has 4 rings (SSSR count). The quantitative estimate of drug-likeness (QED) is 0.600. The summed E-state index contributed by atoms with van der Waals surface area (Å²) in [5.74, 6) is -0.457. The monoisotopic (exact) mass is 391 g/mol. The molecule has 1 fully saturated rings. The molecule has 1 aliphatic rings. The lowest BCUT2D eigenvalue weighted by molar-refractivity contribution is -0.117. The molecular weight excluding hydrogens is 366 g/mol. The number of hydrogen-bond acceptors (Lipinski definition) is 3. The molecule has 150 valence electrons. The van der Waals surface area contributed by atoms with Gasteiger partial charge in [0.1, 0.15) is 11.4 Å². The van der Waals surface area contributed by atoms with E-state index in [2.05, 4.69) is 4.98 Å². The number of aromatic nitrogens is 1. The molecule has 0 aliphatic heterocycles. The molecular formula is C23H25N3O3. The van der Waals surface area contributed by atoms with E-state index in [1.807, 2.05) is 41.3 Å². The van der Waals surface area contributed by atoms with Gasteiger partial charge in [0, 0.05) is 29.1 Å². The van der Waals surface area contributed by atoms with Crippen molar-refractivity contribution in [2.75, 3.05) is 0 Å². The van der Waals surface area contributed by atoms with Crippen molar-refractivity contribution in [3.63, 3.8) is 0 Å². The second-order valence-electron chi connectivity index (χ2n) is 7.67. The van der Waals surface area contributed by atoms with Crippen LogP contribution in [-0.4, -0.2) is 32.8 Å². The number of nitrogens with one attached hydrogen (secondary N) is 1. The molecule has 4 N–H and O–H groups in total. The van der Waals surface area contributed by atoms with Gasteiger partial charge in [0.2, 0.25) is 5.91 Å². The Morgan fingerprint density at radius 1 is 1.07 bits per heavy atom. The molecule has 1 aromatic heterocycles. The van der Waals surface area contributed by atoms with Crippen LogP contribution in [0, 0.1) is 0 Å². The normalized spacial score (nSPS) is 14.3. The van der Waals surface area contributed by atoms with Crippen molar-refractivity contribution >= 4 is 22.7 Å². The number of nitrogens with two attached hydrogens (primary N) is 1. The highest BCUT2D eigenvalue weighted by molar-refractivity contribution is 6.03. The van der Waals surface area contributed by atoms with Crippen LogP contribution >= 0.6 is 0 Å². The number of nitrogens with zero attached hydrogens (tertiary/aromatic N) is 1. The summed E-state index contributed by atoms with van der Waals surface area (Å²) in [5, 5.41) is 11.1. The number of amides is 2. The van der Waals surface area contributed by atoms with E-state index in [1.165, 1.54) is 0 Å². The Hall–Kier alpha value is -3.28. The average Bonchev–Trinajstić information content (AvgIpc) is 3.35. The van der Waals surface area contributed by atoms with Crippen LogP contribution in [0.3, 0.4) is 0 Å². The molecule has 6 nitrogen and oxygen atoms in total. The van der Waals surface area contributed by atoms with Crippen molar-refractivity contribution in [1.29, 1.82) is 0 Å². The van der Waals surface area contributed by atoms with Crippen LogP contribution < -0.4 is 5.73 Å². The van der Waals surface area contributed by atoms with Crippen LogP contribution in [0.15, 0.2) is 48.5 Å². The van der Waals surface area contributed by atoms with E-state index < -0.39 is 5.91 Å². The Kier molecular flexibility index (Phi) is 5.25.